The van der Waals surface area contributed by atoms with Crippen LogP contribution in [0.1, 0.15) is 5.56 Å². The number of methoxy groups -OCH3 is 1. The zero-order chi connectivity index (χ0) is 16.1. The molecule has 0 saturated heterocycles. The van der Waals surface area contributed by atoms with Crippen LogP contribution in [0.4, 0.5) is 0 Å². The average molecular weight is 326 g/mol. The van der Waals surface area contributed by atoms with Gasteiger partial charge in [-0.2, -0.15) is 0 Å². The van der Waals surface area contributed by atoms with Crippen molar-refractivity contribution in [3.63, 3.8) is 0 Å². The first-order valence-electron chi connectivity index (χ1n) is 7.40. The molecule has 0 heterocycles. The molecular weight excluding hydrogens is 308 g/mol. The summed E-state index contributed by atoms with van der Waals surface area (Å²) in [7, 11) is 1.50. The Hall–Kier alpha value is -2.04. The van der Waals surface area contributed by atoms with Gasteiger partial charge in [-0.3, -0.25) is 4.79 Å². The summed E-state index contributed by atoms with van der Waals surface area (Å²) in [5.41, 5.74) is 1.23. The number of ether oxygens (including phenoxy) is 2. The molecule has 0 amide bonds. The molecule has 0 radical (unpaired) electrons. The molecule has 0 aromatic heterocycles. The van der Waals surface area contributed by atoms with Crippen molar-refractivity contribution < 1.29 is 14.3 Å². The van der Waals surface area contributed by atoms with Gasteiger partial charge in [0.1, 0.15) is 0 Å². The fourth-order valence-electron chi connectivity index (χ4n) is 2.57. The van der Waals surface area contributed by atoms with E-state index in [0.717, 1.165) is 5.75 Å². The lowest BCUT2D eigenvalue weighted by atomic mass is 10.0. The van der Waals surface area contributed by atoms with Crippen LogP contribution in [0.15, 0.2) is 54.6 Å². The minimum atomic E-state index is -0.248. The predicted molar refractivity (Wildman–Crippen MR) is 95.6 cm³/mol. The largest absolute Gasteiger partial charge is 0.438 e. The van der Waals surface area contributed by atoms with Crippen molar-refractivity contribution in [1.29, 1.82) is 0 Å². The van der Waals surface area contributed by atoms with Gasteiger partial charge in [0.05, 0.1) is 5.75 Å². The third-order valence-electron chi connectivity index (χ3n) is 3.65. The summed E-state index contributed by atoms with van der Waals surface area (Å²) < 4.78 is 9.62. The number of thioether (sulfide) groups is 1. The molecule has 4 heteroatoms. The first kappa shape index (κ1) is 15.8. The molecule has 0 atom stereocenters. The van der Waals surface area contributed by atoms with Crippen molar-refractivity contribution in [2.75, 3.05) is 19.7 Å². The smallest absolute Gasteiger partial charge is 0.318 e. The SMILES string of the molecule is COCOC(=O)CSCc1cccc2cc3ccccc3cc12. The van der Waals surface area contributed by atoms with Crippen LogP contribution in [0.25, 0.3) is 21.5 Å². The van der Waals surface area contributed by atoms with Crippen molar-refractivity contribution in [3.05, 3.63) is 60.2 Å². The van der Waals surface area contributed by atoms with Gasteiger partial charge in [-0.25, -0.2) is 0 Å². The van der Waals surface area contributed by atoms with E-state index >= 15 is 0 Å². The molecule has 3 aromatic rings. The number of hydrogen-bond acceptors (Lipinski definition) is 4. The molecule has 0 aliphatic carbocycles. The number of hydrogen-bond donors (Lipinski definition) is 0. The Labute approximate surface area is 139 Å². The molecule has 0 spiro atoms. The molecule has 0 aliphatic heterocycles. The predicted octanol–water partition coefficient (Wildman–Crippen LogP) is 4.37. The lowest BCUT2D eigenvalue weighted by molar-refractivity contribution is -0.150. The van der Waals surface area contributed by atoms with Crippen LogP contribution in [0.2, 0.25) is 0 Å². The van der Waals surface area contributed by atoms with Crippen LogP contribution in [0, 0.1) is 0 Å². The van der Waals surface area contributed by atoms with E-state index in [-0.39, 0.29) is 12.8 Å². The van der Waals surface area contributed by atoms with Crippen LogP contribution in [-0.2, 0) is 20.0 Å². The topological polar surface area (TPSA) is 35.5 Å². The average Bonchev–Trinajstić information content (AvgIpc) is 2.58. The molecule has 118 valence electrons. The molecule has 0 aliphatic rings. The minimum Gasteiger partial charge on any atom is -0.438 e. The van der Waals surface area contributed by atoms with Gasteiger partial charge < -0.3 is 9.47 Å². The normalized spacial score (nSPS) is 11.0. The Morgan fingerprint density at radius 3 is 2.52 bits per heavy atom. The molecule has 23 heavy (non-hydrogen) atoms. The van der Waals surface area contributed by atoms with E-state index in [1.54, 1.807) is 11.8 Å². The van der Waals surface area contributed by atoms with E-state index in [0.29, 0.717) is 5.75 Å². The fourth-order valence-corrected chi connectivity index (χ4v) is 3.39. The highest BCUT2D eigenvalue weighted by molar-refractivity contribution is 7.99. The zero-order valence-corrected chi connectivity index (χ0v) is 13.8. The number of fused-ring (bicyclic) bond motifs is 2. The number of benzene rings is 3. The first-order chi connectivity index (χ1) is 11.3. The highest BCUT2D eigenvalue weighted by Crippen LogP contribution is 2.27. The van der Waals surface area contributed by atoms with Gasteiger partial charge in [-0.15, -0.1) is 11.8 Å². The van der Waals surface area contributed by atoms with E-state index in [2.05, 4.69) is 54.6 Å². The lowest BCUT2D eigenvalue weighted by Gasteiger charge is -2.08. The Balaban J connectivity index is 1.78. The molecule has 0 N–H and O–H groups in total. The van der Waals surface area contributed by atoms with Crippen molar-refractivity contribution >= 4 is 39.3 Å². The lowest BCUT2D eigenvalue weighted by Crippen LogP contribution is -2.09. The summed E-state index contributed by atoms with van der Waals surface area (Å²) in [4.78, 5) is 11.5. The highest BCUT2D eigenvalue weighted by atomic mass is 32.2. The summed E-state index contributed by atoms with van der Waals surface area (Å²) in [6.45, 7) is 0.0135. The van der Waals surface area contributed by atoms with Gasteiger partial charge >= 0.3 is 5.97 Å². The summed E-state index contributed by atoms with van der Waals surface area (Å²) in [5.74, 6) is 0.855. The van der Waals surface area contributed by atoms with Gasteiger partial charge in [0, 0.05) is 12.9 Å². The molecule has 0 unspecified atom stereocenters. The van der Waals surface area contributed by atoms with Gasteiger partial charge in [0.2, 0.25) is 0 Å². The van der Waals surface area contributed by atoms with Gasteiger partial charge in [0.15, 0.2) is 6.79 Å². The molecule has 0 bridgehead atoms. The highest BCUT2D eigenvalue weighted by Gasteiger charge is 2.06. The first-order valence-corrected chi connectivity index (χ1v) is 8.56. The van der Waals surface area contributed by atoms with E-state index in [9.17, 15) is 4.79 Å². The Bertz CT molecular complexity index is 829. The third kappa shape index (κ3) is 3.84. The minimum absolute atomic E-state index is 0.0135. The molecule has 0 saturated carbocycles. The Morgan fingerprint density at radius 1 is 1.00 bits per heavy atom. The van der Waals surface area contributed by atoms with Gasteiger partial charge in [-0.1, -0.05) is 42.5 Å². The number of carbonyl (C=O) groups is 1. The van der Waals surface area contributed by atoms with E-state index in [4.69, 9.17) is 9.47 Å². The van der Waals surface area contributed by atoms with E-state index < -0.39 is 0 Å². The third-order valence-corrected chi connectivity index (χ3v) is 4.61. The van der Waals surface area contributed by atoms with Crippen LogP contribution >= 0.6 is 11.8 Å². The summed E-state index contributed by atoms with van der Waals surface area (Å²) >= 11 is 1.56. The molecular formula is C19H18O3S. The Morgan fingerprint density at radius 2 is 1.74 bits per heavy atom. The van der Waals surface area contributed by atoms with Crippen molar-refractivity contribution in [2.24, 2.45) is 0 Å². The van der Waals surface area contributed by atoms with Crippen molar-refractivity contribution in [3.8, 4) is 0 Å². The summed E-state index contributed by atoms with van der Waals surface area (Å²) in [6, 6.07) is 19.1. The maximum Gasteiger partial charge on any atom is 0.318 e. The summed E-state index contributed by atoms with van der Waals surface area (Å²) in [6.07, 6.45) is 0. The number of rotatable bonds is 6. The zero-order valence-electron chi connectivity index (χ0n) is 13.0. The van der Waals surface area contributed by atoms with Crippen molar-refractivity contribution in [2.45, 2.75) is 5.75 Å². The fraction of sp³-hybridized carbons (Fsp3) is 0.211. The molecule has 0 fully saturated rings. The quantitative estimate of drug-likeness (QED) is 0.383. The summed E-state index contributed by atoms with van der Waals surface area (Å²) in [5, 5.41) is 4.94. The second kappa shape index (κ2) is 7.49. The van der Waals surface area contributed by atoms with Crippen LogP contribution < -0.4 is 0 Å². The van der Waals surface area contributed by atoms with Crippen molar-refractivity contribution in [1.82, 2.24) is 0 Å². The molecule has 3 rings (SSSR count). The van der Waals surface area contributed by atoms with E-state index in [1.165, 1.54) is 34.2 Å². The number of carbonyl (C=O) groups excluding carboxylic acids is 1. The van der Waals surface area contributed by atoms with Crippen LogP contribution in [0.5, 0.6) is 0 Å². The Kier molecular flexibility index (Phi) is 5.16. The monoisotopic (exact) mass is 326 g/mol. The maximum atomic E-state index is 11.5. The molecule has 3 nitrogen and oxygen atoms in total. The molecule has 3 aromatic carbocycles. The maximum absolute atomic E-state index is 11.5. The standard InChI is InChI=1S/C19H18O3S/c1-21-13-22-19(20)12-23-11-17-8-4-7-16-9-14-5-2-3-6-15(14)10-18(16)17/h2-10H,11-13H2,1H3. The van der Waals surface area contributed by atoms with Crippen LogP contribution in [-0.4, -0.2) is 25.6 Å². The van der Waals surface area contributed by atoms with Crippen LogP contribution in [0.3, 0.4) is 0 Å². The van der Waals surface area contributed by atoms with E-state index in [1.807, 2.05) is 0 Å². The number of esters is 1. The second-order valence-corrected chi connectivity index (χ2v) is 6.24. The second-order valence-electron chi connectivity index (χ2n) is 5.25. The van der Waals surface area contributed by atoms with Gasteiger partial charge in [-0.05, 0) is 39.2 Å². The van der Waals surface area contributed by atoms with Gasteiger partial charge in [0.25, 0.3) is 0 Å².